The molecule has 6 aromatic rings. The standard InChI is InChI=1S/C18H22N4S.C10H5ClN2S.C8H18N2.ClH/c1-22(2)13-9-7-12(8-10-13)21-17-16-14-5-3-4-6-15(14)23-18(16)20-11-19-17;11-9-8-6-3-1-2-4-7(6)14-10(8)13-5-12-9;1-10(2)8-5-3-7(9)4-6-8;/h3-6,11-13H,7-10H2,1-2H3,(H,19,20,21);1-5H;7-8H,3-6,9H2,1-2H3;1H. The van der Waals surface area contributed by atoms with Gasteiger partial charge in [-0.15, -0.1) is 35.1 Å². The molecular formula is C36H46Cl2N8S2. The second-order valence-corrected chi connectivity index (χ2v) is 15.5. The van der Waals surface area contributed by atoms with Crippen molar-refractivity contribution in [2.24, 2.45) is 5.73 Å². The molecule has 2 saturated carbocycles. The summed E-state index contributed by atoms with van der Waals surface area (Å²) in [6.07, 6.45) is 13.1. The number of hydrogen-bond donors (Lipinski definition) is 2. The van der Waals surface area contributed by atoms with E-state index in [2.05, 4.69) is 93.6 Å². The first kappa shape index (κ1) is 36.6. The van der Waals surface area contributed by atoms with E-state index < -0.39 is 0 Å². The first-order chi connectivity index (χ1) is 22.8. The van der Waals surface area contributed by atoms with Gasteiger partial charge in [0, 0.05) is 44.3 Å². The Hall–Kier alpha value is -2.70. The molecule has 0 atom stereocenters. The van der Waals surface area contributed by atoms with Crippen LogP contribution in [0.4, 0.5) is 5.82 Å². The van der Waals surface area contributed by atoms with Crippen LogP contribution in [0.5, 0.6) is 0 Å². The molecule has 12 heteroatoms. The number of hydrogen-bond acceptors (Lipinski definition) is 10. The summed E-state index contributed by atoms with van der Waals surface area (Å²) in [7, 11) is 8.68. The lowest BCUT2D eigenvalue weighted by Crippen LogP contribution is -2.36. The number of thiophene rings is 2. The van der Waals surface area contributed by atoms with Crippen molar-refractivity contribution in [1.82, 2.24) is 29.7 Å². The molecule has 2 aromatic carbocycles. The minimum absolute atomic E-state index is 0. The maximum atomic E-state index is 6.03. The summed E-state index contributed by atoms with van der Waals surface area (Å²) in [5.41, 5.74) is 5.78. The molecule has 2 aliphatic carbocycles. The summed E-state index contributed by atoms with van der Waals surface area (Å²) in [6, 6.07) is 19.1. The van der Waals surface area contributed by atoms with Gasteiger partial charge in [-0.2, -0.15) is 0 Å². The second-order valence-electron chi connectivity index (χ2n) is 13.1. The van der Waals surface area contributed by atoms with Crippen molar-refractivity contribution < 1.29 is 0 Å². The van der Waals surface area contributed by atoms with Crippen LogP contribution in [0.15, 0.2) is 61.2 Å². The maximum absolute atomic E-state index is 6.03. The highest BCUT2D eigenvalue weighted by Crippen LogP contribution is 2.37. The fourth-order valence-electron chi connectivity index (χ4n) is 6.73. The molecule has 8 nitrogen and oxygen atoms in total. The van der Waals surface area contributed by atoms with E-state index in [1.165, 1.54) is 77.9 Å². The fourth-order valence-corrected chi connectivity index (χ4v) is 9.11. The number of fused-ring (bicyclic) bond motifs is 6. The first-order valence-electron chi connectivity index (χ1n) is 16.5. The van der Waals surface area contributed by atoms with Gasteiger partial charge in [0.25, 0.3) is 0 Å². The Balaban J connectivity index is 0.000000154. The lowest BCUT2D eigenvalue weighted by Gasteiger charge is -2.33. The smallest absolute Gasteiger partial charge is 0.141 e. The Morgan fingerprint density at radius 1 is 0.667 bits per heavy atom. The monoisotopic (exact) mass is 724 g/mol. The minimum atomic E-state index is 0. The zero-order valence-electron chi connectivity index (χ0n) is 28.1. The van der Waals surface area contributed by atoms with E-state index in [1.807, 2.05) is 18.2 Å². The predicted octanol–water partition coefficient (Wildman–Crippen LogP) is 8.87. The van der Waals surface area contributed by atoms with Crippen LogP contribution in [0.2, 0.25) is 5.15 Å². The molecule has 4 aromatic heterocycles. The molecular weight excluding hydrogens is 679 g/mol. The Kier molecular flexibility index (Phi) is 12.8. The van der Waals surface area contributed by atoms with Gasteiger partial charge in [-0.25, -0.2) is 19.9 Å². The third-order valence-electron chi connectivity index (χ3n) is 9.54. The third kappa shape index (κ3) is 8.53. The lowest BCUT2D eigenvalue weighted by atomic mass is 9.90. The molecule has 0 spiro atoms. The first-order valence-corrected chi connectivity index (χ1v) is 18.5. The van der Waals surface area contributed by atoms with Gasteiger partial charge in [-0.1, -0.05) is 48.0 Å². The highest BCUT2D eigenvalue weighted by Gasteiger charge is 2.24. The number of nitrogens with two attached hydrogens (primary N) is 1. The number of anilines is 1. The molecule has 4 heterocycles. The second kappa shape index (κ2) is 16.8. The summed E-state index contributed by atoms with van der Waals surface area (Å²) in [5, 5.41) is 8.78. The molecule has 0 radical (unpaired) electrons. The van der Waals surface area contributed by atoms with Crippen LogP contribution >= 0.6 is 46.7 Å². The van der Waals surface area contributed by atoms with Gasteiger partial charge in [0.2, 0.25) is 0 Å². The van der Waals surface area contributed by atoms with Gasteiger partial charge < -0.3 is 20.9 Å². The molecule has 256 valence electrons. The van der Waals surface area contributed by atoms with E-state index in [4.69, 9.17) is 17.3 Å². The van der Waals surface area contributed by atoms with Crippen LogP contribution in [0.25, 0.3) is 40.6 Å². The SMILES string of the molecule is CN(C)C1CCC(N)CC1.CN(C)C1CCC(Nc2ncnc3sc4ccccc4c23)CC1.Cl.Clc1ncnc2sc3ccccc3c12. The Morgan fingerprint density at radius 3 is 1.71 bits per heavy atom. The summed E-state index contributed by atoms with van der Waals surface area (Å²) >= 11 is 9.42. The number of halogens is 2. The molecule has 48 heavy (non-hydrogen) atoms. The predicted molar refractivity (Wildman–Crippen MR) is 209 cm³/mol. The number of aromatic nitrogens is 4. The van der Waals surface area contributed by atoms with E-state index >= 15 is 0 Å². The zero-order valence-corrected chi connectivity index (χ0v) is 31.3. The van der Waals surface area contributed by atoms with Gasteiger partial charge in [-0.05, 0) is 91.7 Å². The van der Waals surface area contributed by atoms with Crippen LogP contribution in [-0.2, 0) is 0 Å². The number of nitrogens with one attached hydrogen (secondary N) is 1. The normalized spacial score (nSPS) is 21.1. The van der Waals surface area contributed by atoms with Crippen molar-refractivity contribution in [3.05, 3.63) is 66.3 Å². The minimum Gasteiger partial charge on any atom is -0.367 e. The molecule has 0 bridgehead atoms. The van der Waals surface area contributed by atoms with Crippen molar-refractivity contribution in [1.29, 1.82) is 0 Å². The molecule has 2 fully saturated rings. The maximum Gasteiger partial charge on any atom is 0.141 e. The quantitative estimate of drug-likeness (QED) is 0.174. The average Bonchev–Trinajstić information content (AvgIpc) is 3.66. The summed E-state index contributed by atoms with van der Waals surface area (Å²) in [6.45, 7) is 0. The number of nitrogens with zero attached hydrogens (tertiary/aromatic N) is 6. The molecule has 0 amide bonds. The van der Waals surface area contributed by atoms with Crippen molar-refractivity contribution >= 4 is 93.1 Å². The van der Waals surface area contributed by atoms with E-state index in [9.17, 15) is 0 Å². The molecule has 0 aliphatic heterocycles. The van der Waals surface area contributed by atoms with Crippen molar-refractivity contribution in [3.63, 3.8) is 0 Å². The Labute approximate surface area is 302 Å². The van der Waals surface area contributed by atoms with Crippen LogP contribution < -0.4 is 11.1 Å². The van der Waals surface area contributed by atoms with E-state index in [1.54, 1.807) is 29.0 Å². The van der Waals surface area contributed by atoms with Gasteiger partial charge >= 0.3 is 0 Å². The van der Waals surface area contributed by atoms with Crippen LogP contribution in [0.1, 0.15) is 51.4 Å². The lowest BCUT2D eigenvalue weighted by molar-refractivity contribution is 0.217. The van der Waals surface area contributed by atoms with E-state index in [-0.39, 0.29) is 12.4 Å². The Morgan fingerprint density at radius 2 is 1.15 bits per heavy atom. The largest absolute Gasteiger partial charge is 0.367 e. The van der Waals surface area contributed by atoms with Crippen LogP contribution in [0.3, 0.4) is 0 Å². The van der Waals surface area contributed by atoms with E-state index in [0.29, 0.717) is 17.2 Å². The highest BCUT2D eigenvalue weighted by atomic mass is 35.5. The van der Waals surface area contributed by atoms with Crippen LogP contribution in [0, 0.1) is 0 Å². The Bertz CT molecular complexity index is 1910. The average molecular weight is 726 g/mol. The van der Waals surface area contributed by atoms with Gasteiger partial charge in [0.15, 0.2) is 0 Å². The third-order valence-corrected chi connectivity index (χ3v) is 12.0. The number of rotatable bonds is 4. The van der Waals surface area contributed by atoms with Crippen molar-refractivity contribution in [2.45, 2.75) is 75.5 Å². The number of benzene rings is 2. The van der Waals surface area contributed by atoms with E-state index in [0.717, 1.165) is 38.3 Å². The molecule has 0 saturated heterocycles. The summed E-state index contributed by atoms with van der Waals surface area (Å²) < 4.78 is 2.48. The van der Waals surface area contributed by atoms with Crippen molar-refractivity contribution in [3.8, 4) is 0 Å². The molecule has 0 unspecified atom stereocenters. The molecule has 2 aliphatic rings. The van der Waals surface area contributed by atoms with Gasteiger partial charge in [0.1, 0.15) is 33.3 Å². The highest BCUT2D eigenvalue weighted by molar-refractivity contribution is 7.25. The van der Waals surface area contributed by atoms with Crippen LogP contribution in [-0.4, -0.2) is 82.1 Å². The summed E-state index contributed by atoms with van der Waals surface area (Å²) in [4.78, 5) is 23.9. The molecule has 8 rings (SSSR count). The topological polar surface area (TPSA) is 96.1 Å². The van der Waals surface area contributed by atoms with Gasteiger partial charge in [0.05, 0.1) is 10.8 Å². The molecule has 3 N–H and O–H groups in total. The van der Waals surface area contributed by atoms with Gasteiger partial charge in [-0.3, -0.25) is 0 Å². The zero-order chi connectivity index (χ0) is 32.9. The fraction of sp³-hybridized carbons (Fsp3) is 0.444. The van der Waals surface area contributed by atoms with Crippen molar-refractivity contribution in [2.75, 3.05) is 33.5 Å². The summed E-state index contributed by atoms with van der Waals surface area (Å²) in [5.74, 6) is 1.00.